The highest BCUT2D eigenvalue weighted by Crippen LogP contribution is 2.63. The SMILES string of the molecule is CC(F)(F)C(F)(F)C(F)(F)C(F)(F)C(F)(F)C(F)(F)C(F)(F)C(C)(F)F. The van der Waals surface area contributed by atoms with E-state index >= 15 is 0 Å². The molecule has 16 heteroatoms. The minimum atomic E-state index is -8.32. The molecule has 0 saturated carbocycles. The van der Waals surface area contributed by atoms with Crippen LogP contribution in [0.25, 0.3) is 0 Å². The van der Waals surface area contributed by atoms with E-state index in [0.29, 0.717) is 0 Å². The van der Waals surface area contributed by atoms with Crippen LogP contribution in [0.15, 0.2) is 0 Å². The molecule has 0 saturated heterocycles. The Morgan fingerprint density at radius 2 is 0.385 bits per heavy atom. The summed E-state index contributed by atoms with van der Waals surface area (Å²) in [7, 11) is 0. The largest absolute Gasteiger partial charge is 0.384 e. The third-order valence-electron chi connectivity index (χ3n) is 3.07. The predicted molar refractivity (Wildman–Crippen MR) is 50.9 cm³/mol. The Kier molecular flexibility index (Phi) is 5.44. The second-order valence-electron chi connectivity index (χ2n) is 5.22. The molecule has 0 aromatic carbocycles. The molecule has 0 fully saturated rings. The fraction of sp³-hybridized carbons (Fsp3) is 1.00. The van der Waals surface area contributed by atoms with Crippen molar-refractivity contribution in [3.8, 4) is 0 Å². The van der Waals surface area contributed by atoms with Crippen LogP contribution in [0, 0.1) is 0 Å². The Labute approximate surface area is 133 Å². The van der Waals surface area contributed by atoms with Gasteiger partial charge in [0.2, 0.25) is 0 Å². The van der Waals surface area contributed by atoms with Gasteiger partial charge in [-0.3, -0.25) is 0 Å². The molecular weight excluding hydrogens is 424 g/mol. The third kappa shape index (κ3) is 2.86. The Balaban J connectivity index is 6.61. The van der Waals surface area contributed by atoms with Crippen LogP contribution in [0.2, 0.25) is 0 Å². The Morgan fingerprint density at radius 1 is 0.269 bits per heavy atom. The summed E-state index contributed by atoms with van der Waals surface area (Å²) in [5, 5.41) is 0. The molecule has 0 aromatic rings. The average molecular weight is 430 g/mol. The number of hydrogen-bond acceptors (Lipinski definition) is 0. The third-order valence-corrected chi connectivity index (χ3v) is 3.07. The normalized spacial score (nSPS) is 16.8. The van der Waals surface area contributed by atoms with Crippen LogP contribution in [0.5, 0.6) is 0 Å². The van der Waals surface area contributed by atoms with Crippen molar-refractivity contribution in [2.24, 2.45) is 0 Å². The summed E-state index contributed by atoms with van der Waals surface area (Å²) >= 11 is 0. The van der Waals surface area contributed by atoms with Gasteiger partial charge in [0, 0.05) is 13.8 Å². The molecule has 0 aromatic heterocycles. The second-order valence-corrected chi connectivity index (χ2v) is 5.22. The molecule has 0 rings (SSSR count). The maximum Gasteiger partial charge on any atom is 0.384 e. The van der Waals surface area contributed by atoms with Crippen LogP contribution in [-0.2, 0) is 0 Å². The minimum absolute atomic E-state index is 1.19. The van der Waals surface area contributed by atoms with E-state index in [1.54, 1.807) is 0 Å². The summed E-state index contributed by atoms with van der Waals surface area (Å²) in [6.07, 6.45) is 0. The summed E-state index contributed by atoms with van der Waals surface area (Å²) in [6, 6.07) is 0. The lowest BCUT2D eigenvalue weighted by atomic mass is 9.88. The zero-order valence-electron chi connectivity index (χ0n) is 12.0. The summed E-state index contributed by atoms with van der Waals surface area (Å²) in [4.78, 5) is 0. The van der Waals surface area contributed by atoms with Gasteiger partial charge in [0.05, 0.1) is 0 Å². The van der Waals surface area contributed by atoms with Crippen molar-refractivity contribution in [3.05, 3.63) is 0 Å². The number of hydrogen-bond donors (Lipinski definition) is 0. The molecule has 0 atom stereocenters. The van der Waals surface area contributed by atoms with Gasteiger partial charge >= 0.3 is 47.4 Å². The first-order valence-electron chi connectivity index (χ1n) is 5.77. The average Bonchev–Trinajstić information content (AvgIpc) is 2.34. The maximum absolute atomic E-state index is 13.0. The smallest absolute Gasteiger partial charge is 0.200 e. The number of halogens is 16. The lowest BCUT2D eigenvalue weighted by molar-refractivity contribution is -0.451. The van der Waals surface area contributed by atoms with Crippen LogP contribution in [0.4, 0.5) is 70.2 Å². The highest BCUT2D eigenvalue weighted by Gasteiger charge is 2.94. The van der Waals surface area contributed by atoms with Crippen LogP contribution in [0.3, 0.4) is 0 Å². The molecule has 0 spiro atoms. The summed E-state index contributed by atoms with van der Waals surface area (Å²) in [5.74, 6) is -60.2. The molecule has 0 aliphatic heterocycles. The Bertz CT molecular complexity index is 470. The van der Waals surface area contributed by atoms with E-state index in [1.165, 1.54) is 0 Å². The first-order chi connectivity index (χ1) is 10.8. The molecule has 0 unspecified atom stereocenters. The van der Waals surface area contributed by atoms with Crippen LogP contribution < -0.4 is 0 Å². The van der Waals surface area contributed by atoms with E-state index in [2.05, 4.69) is 0 Å². The van der Waals surface area contributed by atoms with Gasteiger partial charge in [-0.1, -0.05) is 0 Å². The zero-order valence-corrected chi connectivity index (χ0v) is 12.0. The Morgan fingerprint density at radius 3 is 0.500 bits per heavy atom. The first kappa shape index (κ1) is 24.9. The van der Waals surface area contributed by atoms with Gasteiger partial charge in [0.1, 0.15) is 0 Å². The van der Waals surface area contributed by atoms with Gasteiger partial charge in [-0.25, -0.2) is 0 Å². The van der Waals surface area contributed by atoms with Gasteiger partial charge in [-0.15, -0.1) is 0 Å². The number of alkyl halides is 16. The molecule has 0 N–H and O–H groups in total. The summed E-state index contributed by atoms with van der Waals surface area (Å²) < 4.78 is 205. The van der Waals surface area contributed by atoms with Crippen molar-refractivity contribution in [2.75, 3.05) is 0 Å². The molecule has 158 valence electrons. The molecule has 26 heavy (non-hydrogen) atoms. The predicted octanol–water partition coefficient (Wildman–Crippen LogP) is 6.11. The quantitative estimate of drug-likeness (QED) is 0.428. The van der Waals surface area contributed by atoms with Crippen LogP contribution in [0.1, 0.15) is 13.8 Å². The molecule has 0 amide bonds. The van der Waals surface area contributed by atoms with Crippen molar-refractivity contribution in [1.29, 1.82) is 0 Å². The molecule has 0 radical (unpaired) electrons. The summed E-state index contributed by atoms with van der Waals surface area (Å²) in [6.45, 7) is -2.38. The molecule has 0 aliphatic carbocycles. The van der Waals surface area contributed by atoms with E-state index in [4.69, 9.17) is 0 Å². The van der Waals surface area contributed by atoms with E-state index in [0.717, 1.165) is 0 Å². The minimum Gasteiger partial charge on any atom is -0.200 e. The van der Waals surface area contributed by atoms with E-state index in [9.17, 15) is 70.2 Å². The monoisotopic (exact) mass is 430 g/mol. The second kappa shape index (κ2) is 5.69. The number of rotatable bonds is 7. The van der Waals surface area contributed by atoms with Crippen molar-refractivity contribution >= 4 is 0 Å². The summed E-state index contributed by atoms with van der Waals surface area (Å²) in [5.41, 5.74) is 0. The lowest BCUT2D eigenvalue weighted by Gasteiger charge is -2.43. The lowest BCUT2D eigenvalue weighted by Crippen LogP contribution is -2.74. The maximum atomic E-state index is 13.0. The molecule has 0 nitrogen and oxygen atoms in total. The van der Waals surface area contributed by atoms with E-state index in [1.807, 2.05) is 0 Å². The fourth-order valence-corrected chi connectivity index (χ4v) is 1.34. The Hall–Kier alpha value is -1.12. The van der Waals surface area contributed by atoms with Crippen molar-refractivity contribution < 1.29 is 70.2 Å². The van der Waals surface area contributed by atoms with Crippen LogP contribution in [-0.4, -0.2) is 47.4 Å². The molecule has 0 heterocycles. The zero-order chi connectivity index (χ0) is 22.0. The first-order valence-corrected chi connectivity index (χ1v) is 5.77. The molecule has 0 aliphatic rings. The van der Waals surface area contributed by atoms with E-state index in [-0.39, 0.29) is 0 Å². The highest BCUT2D eigenvalue weighted by molar-refractivity contribution is 5.15. The van der Waals surface area contributed by atoms with Gasteiger partial charge in [-0.2, -0.15) is 70.2 Å². The van der Waals surface area contributed by atoms with Crippen molar-refractivity contribution in [3.63, 3.8) is 0 Å². The van der Waals surface area contributed by atoms with Gasteiger partial charge in [-0.05, 0) is 0 Å². The molecule has 0 bridgehead atoms. The molecular formula is C10H6F16. The van der Waals surface area contributed by atoms with Gasteiger partial charge in [0.15, 0.2) is 0 Å². The van der Waals surface area contributed by atoms with Gasteiger partial charge < -0.3 is 0 Å². The van der Waals surface area contributed by atoms with Crippen molar-refractivity contribution in [1.82, 2.24) is 0 Å². The highest BCUT2D eigenvalue weighted by atomic mass is 19.4. The van der Waals surface area contributed by atoms with Crippen LogP contribution >= 0.6 is 0 Å². The standard InChI is InChI=1S/C10H6F16/c1-3(11,12)5(15,16)7(19,20)9(23,24)10(25,26)8(21,22)6(17,18)4(2,13)14/h1-2H3. The fourth-order valence-electron chi connectivity index (χ4n) is 1.34. The topological polar surface area (TPSA) is 0 Å². The van der Waals surface area contributed by atoms with Crippen molar-refractivity contribution in [2.45, 2.75) is 61.2 Å². The van der Waals surface area contributed by atoms with Gasteiger partial charge in [0.25, 0.3) is 0 Å². The van der Waals surface area contributed by atoms with E-state index < -0.39 is 61.2 Å².